The summed E-state index contributed by atoms with van der Waals surface area (Å²) in [6.07, 6.45) is 0. The van der Waals surface area contributed by atoms with Crippen LogP contribution in [0.5, 0.6) is 0 Å². The van der Waals surface area contributed by atoms with E-state index in [0.717, 1.165) is 33.8 Å². The van der Waals surface area contributed by atoms with Gasteiger partial charge in [-0.2, -0.15) is 10.5 Å². The molecule has 0 amide bonds. The summed E-state index contributed by atoms with van der Waals surface area (Å²) in [5.41, 5.74) is 6.37. The van der Waals surface area contributed by atoms with Crippen LogP contribution in [0.25, 0.3) is 11.1 Å². The van der Waals surface area contributed by atoms with Gasteiger partial charge in [0.2, 0.25) is 0 Å². The second-order valence-electron chi connectivity index (χ2n) is 7.39. The normalized spacial score (nSPS) is 11.1. The fourth-order valence-corrected chi connectivity index (χ4v) is 3.63. The van der Waals surface area contributed by atoms with Gasteiger partial charge in [0.1, 0.15) is 12.1 Å². The molecule has 0 N–H and O–H groups in total. The quantitative estimate of drug-likeness (QED) is 0.253. The third-order valence-corrected chi connectivity index (χ3v) is 5.26. The van der Waals surface area contributed by atoms with E-state index < -0.39 is 0 Å². The molecule has 0 radical (unpaired) electrons. The molecule has 0 aliphatic heterocycles. The Labute approximate surface area is 188 Å². The van der Waals surface area contributed by atoms with Gasteiger partial charge >= 0.3 is 0 Å². The standard InChI is InChI=1S/C29H21N3/c1-22-12-14-23(15-13-22)28(20-30)29(21-31)24-16-18-27(19-17-24)32(25-8-4-2-5-9-25)26-10-6-3-7-11-26/h2-19H,1H3/b29-28-. The summed E-state index contributed by atoms with van der Waals surface area (Å²) in [5, 5.41) is 19.6. The number of nitriles is 2. The first-order valence-electron chi connectivity index (χ1n) is 10.3. The zero-order valence-electron chi connectivity index (χ0n) is 17.7. The fourth-order valence-electron chi connectivity index (χ4n) is 3.63. The van der Waals surface area contributed by atoms with Crippen molar-refractivity contribution in [3.05, 3.63) is 126 Å². The van der Waals surface area contributed by atoms with Gasteiger partial charge in [-0.05, 0) is 54.4 Å². The monoisotopic (exact) mass is 411 g/mol. The molecule has 0 bridgehead atoms. The SMILES string of the molecule is Cc1ccc(/C(C#N)=C(/C#N)c2ccc(N(c3ccccc3)c3ccccc3)cc2)cc1. The third-order valence-electron chi connectivity index (χ3n) is 5.26. The molecule has 0 saturated heterocycles. The van der Waals surface area contributed by atoms with Crippen molar-refractivity contribution in [3.63, 3.8) is 0 Å². The maximum Gasteiger partial charge on any atom is 0.101 e. The summed E-state index contributed by atoms with van der Waals surface area (Å²) < 4.78 is 0. The van der Waals surface area contributed by atoms with Crippen LogP contribution in [-0.2, 0) is 0 Å². The van der Waals surface area contributed by atoms with Crippen molar-refractivity contribution in [3.8, 4) is 12.1 Å². The van der Waals surface area contributed by atoms with Crippen molar-refractivity contribution in [2.45, 2.75) is 6.92 Å². The second kappa shape index (κ2) is 9.47. The van der Waals surface area contributed by atoms with Crippen LogP contribution in [0, 0.1) is 29.6 Å². The molecule has 3 nitrogen and oxygen atoms in total. The smallest absolute Gasteiger partial charge is 0.101 e. The first-order valence-corrected chi connectivity index (χ1v) is 10.3. The van der Waals surface area contributed by atoms with Crippen molar-refractivity contribution in [2.75, 3.05) is 4.90 Å². The van der Waals surface area contributed by atoms with Crippen LogP contribution in [0.15, 0.2) is 109 Å². The van der Waals surface area contributed by atoms with Gasteiger partial charge in [-0.1, -0.05) is 78.4 Å². The highest BCUT2D eigenvalue weighted by molar-refractivity contribution is 6.02. The molecule has 0 spiro atoms. The maximum atomic E-state index is 9.86. The van der Waals surface area contributed by atoms with Crippen LogP contribution in [0.2, 0.25) is 0 Å². The molecule has 3 heteroatoms. The van der Waals surface area contributed by atoms with E-state index in [1.165, 1.54) is 0 Å². The molecule has 0 aliphatic carbocycles. The summed E-state index contributed by atoms with van der Waals surface area (Å²) in [6.45, 7) is 1.99. The van der Waals surface area contributed by atoms with Crippen LogP contribution in [0.4, 0.5) is 17.1 Å². The lowest BCUT2D eigenvalue weighted by atomic mass is 9.95. The van der Waals surface area contributed by atoms with Crippen LogP contribution in [0.1, 0.15) is 16.7 Å². The highest BCUT2D eigenvalue weighted by Crippen LogP contribution is 2.35. The number of hydrogen-bond acceptors (Lipinski definition) is 3. The highest BCUT2D eigenvalue weighted by atomic mass is 15.1. The van der Waals surface area contributed by atoms with E-state index in [1.807, 2.05) is 91.9 Å². The van der Waals surface area contributed by atoms with E-state index in [-0.39, 0.29) is 0 Å². The zero-order chi connectivity index (χ0) is 22.3. The van der Waals surface area contributed by atoms with E-state index in [2.05, 4.69) is 41.3 Å². The fraction of sp³-hybridized carbons (Fsp3) is 0.0345. The molecule has 4 rings (SSSR count). The molecule has 4 aromatic carbocycles. The van der Waals surface area contributed by atoms with E-state index >= 15 is 0 Å². The van der Waals surface area contributed by atoms with Gasteiger partial charge in [-0.25, -0.2) is 0 Å². The van der Waals surface area contributed by atoms with Gasteiger partial charge in [0, 0.05) is 17.1 Å². The van der Waals surface area contributed by atoms with Crippen LogP contribution < -0.4 is 4.90 Å². The number of rotatable bonds is 5. The molecule has 0 aliphatic rings. The molecule has 0 unspecified atom stereocenters. The Bertz CT molecular complexity index is 1270. The van der Waals surface area contributed by atoms with E-state index in [1.54, 1.807) is 0 Å². The van der Waals surface area contributed by atoms with Gasteiger partial charge in [0.05, 0.1) is 11.1 Å². The van der Waals surface area contributed by atoms with Gasteiger partial charge < -0.3 is 4.90 Å². The lowest BCUT2D eigenvalue weighted by Gasteiger charge is -2.25. The van der Waals surface area contributed by atoms with Crippen LogP contribution in [0.3, 0.4) is 0 Å². The Hall–Kier alpha value is -4.60. The number of aryl methyl sites for hydroxylation is 1. The average molecular weight is 412 g/mol. The number of allylic oxidation sites excluding steroid dienone is 2. The third kappa shape index (κ3) is 4.29. The molecule has 0 fully saturated rings. The number of nitrogens with zero attached hydrogens (tertiary/aromatic N) is 3. The Kier molecular flexibility index (Phi) is 6.12. The minimum absolute atomic E-state index is 0.369. The number of anilines is 3. The Morgan fingerprint density at radius 2 is 0.906 bits per heavy atom. The summed E-state index contributed by atoms with van der Waals surface area (Å²) >= 11 is 0. The van der Waals surface area contributed by atoms with E-state index in [0.29, 0.717) is 11.1 Å². The summed E-state index contributed by atoms with van der Waals surface area (Å²) in [5.74, 6) is 0. The topological polar surface area (TPSA) is 50.8 Å². The molecule has 0 heterocycles. The molecule has 0 saturated carbocycles. The predicted molar refractivity (Wildman–Crippen MR) is 130 cm³/mol. The molecule has 152 valence electrons. The number of benzene rings is 4. The highest BCUT2D eigenvalue weighted by Gasteiger charge is 2.15. The summed E-state index contributed by atoms with van der Waals surface area (Å²) in [6, 6.07) is 40.2. The Morgan fingerprint density at radius 3 is 1.31 bits per heavy atom. The first kappa shape index (κ1) is 20.7. The lowest BCUT2D eigenvalue weighted by Crippen LogP contribution is -2.09. The molecular weight excluding hydrogens is 390 g/mol. The predicted octanol–water partition coefficient (Wildman–Crippen LogP) is 7.42. The van der Waals surface area contributed by atoms with Gasteiger partial charge in [-0.15, -0.1) is 0 Å². The Morgan fingerprint density at radius 1 is 0.531 bits per heavy atom. The zero-order valence-corrected chi connectivity index (χ0v) is 17.7. The Balaban J connectivity index is 1.77. The van der Waals surface area contributed by atoms with E-state index in [9.17, 15) is 10.5 Å². The van der Waals surface area contributed by atoms with Crippen LogP contribution >= 0.6 is 0 Å². The lowest BCUT2D eigenvalue weighted by molar-refractivity contribution is 1.28. The van der Waals surface area contributed by atoms with Crippen LogP contribution in [-0.4, -0.2) is 0 Å². The van der Waals surface area contributed by atoms with E-state index in [4.69, 9.17) is 0 Å². The van der Waals surface area contributed by atoms with Gasteiger partial charge in [-0.3, -0.25) is 0 Å². The van der Waals surface area contributed by atoms with Crippen molar-refractivity contribution in [2.24, 2.45) is 0 Å². The van der Waals surface area contributed by atoms with Crippen molar-refractivity contribution in [1.29, 1.82) is 10.5 Å². The molecule has 0 atom stereocenters. The number of para-hydroxylation sites is 2. The molecular formula is C29H21N3. The minimum atomic E-state index is 0.369. The molecule has 0 aromatic heterocycles. The molecule has 32 heavy (non-hydrogen) atoms. The second-order valence-corrected chi connectivity index (χ2v) is 7.39. The average Bonchev–Trinajstić information content (AvgIpc) is 2.85. The number of hydrogen-bond donors (Lipinski definition) is 0. The summed E-state index contributed by atoms with van der Waals surface area (Å²) in [7, 11) is 0. The largest absolute Gasteiger partial charge is 0.311 e. The van der Waals surface area contributed by atoms with Gasteiger partial charge in [0.15, 0.2) is 0 Å². The minimum Gasteiger partial charge on any atom is -0.311 e. The van der Waals surface area contributed by atoms with Crippen molar-refractivity contribution >= 4 is 28.2 Å². The molecule has 4 aromatic rings. The first-order chi connectivity index (χ1) is 15.7. The maximum absolute atomic E-state index is 9.86. The van der Waals surface area contributed by atoms with Gasteiger partial charge in [0.25, 0.3) is 0 Å². The summed E-state index contributed by atoms with van der Waals surface area (Å²) in [4.78, 5) is 2.16. The van der Waals surface area contributed by atoms with Crippen molar-refractivity contribution < 1.29 is 0 Å². The van der Waals surface area contributed by atoms with Crippen molar-refractivity contribution in [1.82, 2.24) is 0 Å².